The predicted octanol–water partition coefficient (Wildman–Crippen LogP) is 4.02. The van der Waals surface area contributed by atoms with Crippen LogP contribution in [0.1, 0.15) is 39.9 Å². The molecule has 0 aliphatic carbocycles. The van der Waals surface area contributed by atoms with Gasteiger partial charge in [-0.25, -0.2) is 31.6 Å². The van der Waals surface area contributed by atoms with Crippen LogP contribution in [0.15, 0.2) is 52.9 Å². The fourth-order valence-electron chi connectivity index (χ4n) is 3.90. The standard InChI is InChI=1S/C24H26F3N5O4S2/c1-36-17-4-2-3-15(13-17)23(33)29-14-18-5-6-20(37-18)38(34,35)32-11-8-16(9-12-32)30-24-28-10-7-19(31-24)21(25)22(26)27/h2-7,10,13,16,21-22H,8-9,11-12,14H2,1H3,(H,29,33)(H,28,30,31). The highest BCUT2D eigenvalue weighted by molar-refractivity contribution is 7.91. The number of hydrogen-bond acceptors (Lipinski definition) is 8. The zero-order valence-electron chi connectivity index (χ0n) is 20.3. The van der Waals surface area contributed by atoms with E-state index < -0.39 is 28.3 Å². The molecule has 1 atom stereocenters. The molecule has 2 N–H and O–H groups in total. The number of nitrogens with zero attached hydrogens (tertiary/aromatic N) is 3. The van der Waals surface area contributed by atoms with Crippen LogP contribution >= 0.6 is 11.3 Å². The Kier molecular flexibility index (Phi) is 8.84. The van der Waals surface area contributed by atoms with E-state index in [0.29, 0.717) is 29.0 Å². The number of carbonyl (C=O) groups excluding carboxylic acids is 1. The molecular formula is C24H26F3N5O4S2. The Morgan fingerprint density at radius 3 is 2.66 bits per heavy atom. The van der Waals surface area contributed by atoms with Crippen LogP contribution < -0.4 is 15.4 Å². The van der Waals surface area contributed by atoms with Crippen molar-refractivity contribution in [2.45, 2.75) is 42.2 Å². The second-order valence-electron chi connectivity index (χ2n) is 8.50. The highest BCUT2D eigenvalue weighted by Gasteiger charge is 2.31. The first-order chi connectivity index (χ1) is 18.2. The maximum atomic E-state index is 13.6. The van der Waals surface area contributed by atoms with Crippen molar-refractivity contribution in [1.29, 1.82) is 0 Å². The second kappa shape index (κ2) is 12.1. The van der Waals surface area contributed by atoms with E-state index in [1.807, 2.05) is 0 Å². The normalized spacial score (nSPS) is 15.8. The molecule has 204 valence electrons. The summed E-state index contributed by atoms with van der Waals surface area (Å²) < 4.78 is 71.8. The molecule has 1 aromatic carbocycles. The number of sulfonamides is 1. The topological polar surface area (TPSA) is 114 Å². The summed E-state index contributed by atoms with van der Waals surface area (Å²) in [4.78, 5) is 20.9. The maximum Gasteiger partial charge on any atom is 0.275 e. The number of carbonyl (C=O) groups is 1. The number of aromatic nitrogens is 2. The number of nitrogens with one attached hydrogen (secondary N) is 2. The van der Waals surface area contributed by atoms with Gasteiger partial charge in [-0.15, -0.1) is 11.3 Å². The molecule has 38 heavy (non-hydrogen) atoms. The molecule has 1 unspecified atom stereocenters. The number of anilines is 1. The average Bonchev–Trinajstić information content (AvgIpc) is 3.42. The zero-order chi connectivity index (χ0) is 27.3. The molecule has 14 heteroatoms. The highest BCUT2D eigenvalue weighted by atomic mass is 32.2. The Morgan fingerprint density at radius 2 is 1.95 bits per heavy atom. The number of ether oxygens (including phenoxy) is 1. The lowest BCUT2D eigenvalue weighted by Gasteiger charge is -2.31. The Balaban J connectivity index is 1.31. The Morgan fingerprint density at radius 1 is 1.18 bits per heavy atom. The fourth-order valence-corrected chi connectivity index (χ4v) is 6.82. The summed E-state index contributed by atoms with van der Waals surface area (Å²) in [5.74, 6) is 0.273. The number of amides is 1. The van der Waals surface area contributed by atoms with Crippen molar-refractivity contribution < 1.29 is 31.1 Å². The van der Waals surface area contributed by atoms with Gasteiger partial charge >= 0.3 is 0 Å². The average molecular weight is 570 g/mol. The molecule has 1 saturated heterocycles. The summed E-state index contributed by atoms with van der Waals surface area (Å²) in [6.07, 6.45) is -3.64. The molecule has 4 rings (SSSR count). The Bertz CT molecular complexity index is 1360. The van der Waals surface area contributed by atoms with Gasteiger partial charge in [0.25, 0.3) is 22.4 Å². The number of halogens is 3. The SMILES string of the molecule is COc1cccc(C(=O)NCc2ccc(S(=O)(=O)N3CCC(Nc4nccc(C(F)C(F)F)n4)CC3)s2)c1. The molecule has 9 nitrogen and oxygen atoms in total. The van der Waals surface area contributed by atoms with Gasteiger partial charge in [0.05, 0.1) is 19.3 Å². The lowest BCUT2D eigenvalue weighted by molar-refractivity contribution is 0.0473. The summed E-state index contributed by atoms with van der Waals surface area (Å²) >= 11 is 1.09. The molecular weight excluding hydrogens is 543 g/mol. The molecule has 1 fully saturated rings. The van der Waals surface area contributed by atoms with Crippen molar-refractivity contribution in [3.05, 3.63) is 64.8 Å². The van der Waals surface area contributed by atoms with Gasteiger partial charge in [0, 0.05) is 35.8 Å². The number of thiophene rings is 1. The minimum Gasteiger partial charge on any atom is -0.497 e. The molecule has 1 aliphatic rings. The molecule has 2 aromatic heterocycles. The third-order valence-corrected chi connectivity index (χ3v) is 9.41. The van der Waals surface area contributed by atoms with Gasteiger partial charge in [0.15, 0.2) is 0 Å². The first-order valence-corrected chi connectivity index (χ1v) is 14.0. The van der Waals surface area contributed by atoms with Crippen LogP contribution in [-0.4, -0.2) is 61.3 Å². The zero-order valence-corrected chi connectivity index (χ0v) is 21.9. The molecule has 0 saturated carbocycles. The molecule has 3 heterocycles. The van der Waals surface area contributed by atoms with Crippen molar-refractivity contribution in [3.8, 4) is 5.75 Å². The van der Waals surface area contributed by atoms with Gasteiger partial charge in [-0.3, -0.25) is 4.79 Å². The third-order valence-electron chi connectivity index (χ3n) is 5.95. The molecule has 0 radical (unpaired) electrons. The maximum absolute atomic E-state index is 13.6. The van der Waals surface area contributed by atoms with Crippen LogP contribution in [-0.2, 0) is 16.6 Å². The van der Waals surface area contributed by atoms with Crippen LogP contribution in [0.25, 0.3) is 0 Å². The second-order valence-corrected chi connectivity index (χ2v) is 11.8. The predicted molar refractivity (Wildman–Crippen MR) is 136 cm³/mol. The van der Waals surface area contributed by atoms with Crippen LogP contribution in [0.4, 0.5) is 19.1 Å². The Hall–Kier alpha value is -3.23. The van der Waals surface area contributed by atoms with Crippen molar-refractivity contribution in [2.75, 3.05) is 25.5 Å². The number of alkyl halides is 3. The fraction of sp³-hybridized carbons (Fsp3) is 0.375. The van der Waals surface area contributed by atoms with Crippen LogP contribution in [0, 0.1) is 0 Å². The minimum absolute atomic E-state index is 0.0194. The molecule has 0 bridgehead atoms. The van der Waals surface area contributed by atoms with E-state index in [-0.39, 0.29) is 41.7 Å². The minimum atomic E-state index is -3.73. The number of benzene rings is 1. The van der Waals surface area contributed by atoms with E-state index in [1.54, 1.807) is 30.3 Å². The summed E-state index contributed by atoms with van der Waals surface area (Å²) in [5.41, 5.74) is 0.0200. The summed E-state index contributed by atoms with van der Waals surface area (Å²) in [7, 11) is -2.22. The first kappa shape index (κ1) is 27.8. The number of methoxy groups -OCH3 is 1. The van der Waals surface area contributed by atoms with Gasteiger partial charge in [-0.2, -0.15) is 4.31 Å². The van der Waals surface area contributed by atoms with Crippen molar-refractivity contribution in [1.82, 2.24) is 19.6 Å². The van der Waals surface area contributed by atoms with Gasteiger partial charge in [0.1, 0.15) is 9.96 Å². The lowest BCUT2D eigenvalue weighted by atomic mass is 10.1. The summed E-state index contributed by atoms with van der Waals surface area (Å²) in [6.45, 7) is 0.622. The van der Waals surface area contributed by atoms with E-state index in [4.69, 9.17) is 4.74 Å². The molecule has 3 aromatic rings. The quantitative estimate of drug-likeness (QED) is 0.379. The van der Waals surface area contributed by atoms with E-state index >= 15 is 0 Å². The van der Waals surface area contributed by atoms with Crippen LogP contribution in [0.5, 0.6) is 5.75 Å². The number of hydrogen-bond donors (Lipinski definition) is 2. The third kappa shape index (κ3) is 6.60. The van der Waals surface area contributed by atoms with Crippen LogP contribution in [0.3, 0.4) is 0 Å². The van der Waals surface area contributed by atoms with Crippen LogP contribution in [0.2, 0.25) is 0 Å². The number of piperidine rings is 1. The van der Waals surface area contributed by atoms with Gasteiger partial charge in [-0.1, -0.05) is 6.07 Å². The molecule has 1 amide bonds. The van der Waals surface area contributed by atoms with Crippen molar-refractivity contribution >= 4 is 33.2 Å². The van der Waals surface area contributed by atoms with Crippen molar-refractivity contribution in [3.63, 3.8) is 0 Å². The summed E-state index contributed by atoms with van der Waals surface area (Å²) in [5, 5.41) is 5.76. The molecule has 0 spiro atoms. The van der Waals surface area contributed by atoms with E-state index in [9.17, 15) is 26.4 Å². The smallest absolute Gasteiger partial charge is 0.275 e. The number of rotatable bonds is 10. The highest BCUT2D eigenvalue weighted by Crippen LogP contribution is 2.28. The largest absolute Gasteiger partial charge is 0.497 e. The lowest BCUT2D eigenvalue weighted by Crippen LogP contribution is -2.42. The van der Waals surface area contributed by atoms with E-state index in [0.717, 1.165) is 17.4 Å². The summed E-state index contributed by atoms with van der Waals surface area (Å²) in [6, 6.07) is 10.8. The first-order valence-electron chi connectivity index (χ1n) is 11.7. The van der Waals surface area contributed by atoms with E-state index in [1.165, 1.54) is 23.7 Å². The molecule has 1 aliphatic heterocycles. The van der Waals surface area contributed by atoms with Gasteiger partial charge in [0.2, 0.25) is 12.1 Å². The Labute approximate surface area is 222 Å². The van der Waals surface area contributed by atoms with Gasteiger partial charge < -0.3 is 15.4 Å². The van der Waals surface area contributed by atoms with Gasteiger partial charge in [-0.05, 0) is 49.2 Å². The van der Waals surface area contributed by atoms with Crippen molar-refractivity contribution in [2.24, 2.45) is 0 Å². The van der Waals surface area contributed by atoms with E-state index in [2.05, 4.69) is 20.6 Å². The monoisotopic (exact) mass is 569 g/mol.